The van der Waals surface area contributed by atoms with Gasteiger partial charge in [-0.1, -0.05) is 24.3 Å². The predicted octanol–water partition coefficient (Wildman–Crippen LogP) is 2.69. The number of fused-ring (bicyclic) bond motifs is 3. The number of anilines is 1. The summed E-state index contributed by atoms with van der Waals surface area (Å²) < 4.78 is 1.03. The lowest BCUT2D eigenvalue weighted by Gasteiger charge is -2.08. The summed E-state index contributed by atoms with van der Waals surface area (Å²) in [6.07, 6.45) is 0. The van der Waals surface area contributed by atoms with E-state index in [4.69, 9.17) is 0 Å². The number of carbonyl (C=O) groups is 1. The number of hydrogen-bond acceptors (Lipinski definition) is 3. The van der Waals surface area contributed by atoms with Crippen LogP contribution in [0.4, 0.5) is 5.69 Å². The van der Waals surface area contributed by atoms with Crippen LogP contribution in [0.5, 0.6) is 0 Å². The highest BCUT2D eigenvalue weighted by atomic mass is 16.5. The van der Waals surface area contributed by atoms with Crippen molar-refractivity contribution in [2.75, 3.05) is 5.32 Å². The zero-order chi connectivity index (χ0) is 13.6. The molecule has 0 aliphatic heterocycles. The van der Waals surface area contributed by atoms with Gasteiger partial charge in [-0.2, -0.15) is 4.73 Å². The molecule has 0 atom stereocenters. The second-order valence-electron chi connectivity index (χ2n) is 4.49. The molecule has 3 rings (SSSR count). The Balaban J connectivity index is 2.46. The van der Waals surface area contributed by atoms with Crippen LogP contribution in [-0.2, 0) is 4.79 Å². The van der Waals surface area contributed by atoms with E-state index in [1.807, 2.05) is 24.3 Å². The maximum Gasteiger partial charge on any atom is 0.221 e. The molecule has 1 aromatic heterocycles. The fourth-order valence-corrected chi connectivity index (χ4v) is 2.30. The molecule has 96 valence electrons. The van der Waals surface area contributed by atoms with E-state index in [2.05, 4.69) is 10.3 Å². The van der Waals surface area contributed by atoms with E-state index in [0.717, 1.165) is 21.0 Å². The molecule has 1 amide bonds. The Labute approximate surface area is 109 Å². The highest BCUT2D eigenvalue weighted by Gasteiger charge is 2.13. The van der Waals surface area contributed by atoms with Crippen molar-refractivity contribution in [3.63, 3.8) is 0 Å². The number of aryl methyl sites for hydroxylation is 1. The van der Waals surface area contributed by atoms with Gasteiger partial charge in [-0.15, -0.1) is 0 Å². The van der Waals surface area contributed by atoms with E-state index >= 15 is 0 Å². The number of aromatic nitrogens is 2. The molecule has 3 aromatic rings. The third-order valence-electron chi connectivity index (χ3n) is 3.12. The van der Waals surface area contributed by atoms with Gasteiger partial charge in [0.1, 0.15) is 16.9 Å². The van der Waals surface area contributed by atoms with Crippen LogP contribution >= 0.6 is 0 Å². The molecular weight excluding hydrogens is 242 g/mol. The van der Waals surface area contributed by atoms with Gasteiger partial charge in [0.25, 0.3) is 0 Å². The molecular formula is C14H13N3O2. The first-order chi connectivity index (χ1) is 9.08. The van der Waals surface area contributed by atoms with E-state index in [9.17, 15) is 10.0 Å². The van der Waals surface area contributed by atoms with Crippen LogP contribution in [0.25, 0.3) is 21.8 Å². The summed E-state index contributed by atoms with van der Waals surface area (Å²) in [5.41, 5.74) is 1.98. The molecule has 5 heteroatoms. The van der Waals surface area contributed by atoms with Gasteiger partial charge in [0, 0.05) is 17.7 Å². The number of nitrogens with one attached hydrogen (secondary N) is 1. The molecule has 0 aliphatic rings. The molecule has 0 aliphatic carbocycles. The van der Waals surface area contributed by atoms with Gasteiger partial charge in [0.15, 0.2) is 0 Å². The molecule has 0 spiro atoms. The first kappa shape index (κ1) is 11.5. The van der Waals surface area contributed by atoms with Gasteiger partial charge < -0.3 is 10.5 Å². The first-order valence-corrected chi connectivity index (χ1v) is 5.95. The molecule has 0 radical (unpaired) electrons. The van der Waals surface area contributed by atoms with E-state index in [1.165, 1.54) is 6.92 Å². The Kier molecular flexibility index (Phi) is 2.41. The van der Waals surface area contributed by atoms with Crippen molar-refractivity contribution in [3.8, 4) is 0 Å². The Bertz CT molecular complexity index is 805. The van der Waals surface area contributed by atoms with Gasteiger partial charge in [0.05, 0.1) is 5.69 Å². The van der Waals surface area contributed by atoms with E-state index in [-0.39, 0.29) is 5.91 Å². The van der Waals surface area contributed by atoms with Crippen LogP contribution in [0.15, 0.2) is 30.3 Å². The standard InChI is InChI=1S/C14H13N3O2/c1-8-15-14-11-6-4-3-5-10(11)12(16-9(2)18)7-13(14)17(8)19/h3-7,19H,1-2H3,(H,16,18). The molecule has 5 nitrogen and oxygen atoms in total. The van der Waals surface area contributed by atoms with Crippen molar-refractivity contribution in [2.24, 2.45) is 0 Å². The maximum atomic E-state index is 11.3. The summed E-state index contributed by atoms with van der Waals surface area (Å²) in [6.45, 7) is 3.19. The first-order valence-electron chi connectivity index (χ1n) is 5.95. The van der Waals surface area contributed by atoms with Crippen LogP contribution < -0.4 is 5.32 Å². The molecule has 0 bridgehead atoms. The fourth-order valence-electron chi connectivity index (χ4n) is 2.30. The number of carbonyl (C=O) groups excluding carboxylic acids is 1. The zero-order valence-electron chi connectivity index (χ0n) is 10.6. The minimum absolute atomic E-state index is 0.148. The number of amides is 1. The molecule has 2 N–H and O–H groups in total. The Morgan fingerprint density at radius 2 is 2.00 bits per heavy atom. The highest BCUT2D eigenvalue weighted by molar-refractivity contribution is 6.13. The van der Waals surface area contributed by atoms with Crippen molar-refractivity contribution in [1.29, 1.82) is 0 Å². The fraction of sp³-hybridized carbons (Fsp3) is 0.143. The Morgan fingerprint density at radius 1 is 1.32 bits per heavy atom. The van der Waals surface area contributed by atoms with Crippen molar-refractivity contribution >= 4 is 33.4 Å². The summed E-state index contributed by atoms with van der Waals surface area (Å²) in [6, 6.07) is 9.40. The second kappa shape index (κ2) is 3.98. The Morgan fingerprint density at radius 3 is 2.68 bits per heavy atom. The van der Waals surface area contributed by atoms with Crippen molar-refractivity contribution < 1.29 is 10.0 Å². The number of imidazole rings is 1. The van der Waals surface area contributed by atoms with Gasteiger partial charge in [0.2, 0.25) is 5.91 Å². The topological polar surface area (TPSA) is 67.2 Å². The van der Waals surface area contributed by atoms with Gasteiger partial charge in [-0.05, 0) is 13.0 Å². The second-order valence-corrected chi connectivity index (χ2v) is 4.49. The molecule has 19 heavy (non-hydrogen) atoms. The minimum Gasteiger partial charge on any atom is -0.427 e. The number of hydrogen-bond donors (Lipinski definition) is 2. The quantitative estimate of drug-likeness (QED) is 0.657. The number of rotatable bonds is 1. The van der Waals surface area contributed by atoms with Crippen LogP contribution in [0.2, 0.25) is 0 Å². The average molecular weight is 255 g/mol. The smallest absolute Gasteiger partial charge is 0.221 e. The van der Waals surface area contributed by atoms with E-state index < -0.39 is 0 Å². The van der Waals surface area contributed by atoms with Gasteiger partial charge in [-0.3, -0.25) is 4.79 Å². The number of nitrogens with zero attached hydrogens (tertiary/aromatic N) is 2. The summed E-state index contributed by atoms with van der Waals surface area (Å²) in [4.78, 5) is 15.6. The lowest BCUT2D eigenvalue weighted by Crippen LogP contribution is -2.06. The third-order valence-corrected chi connectivity index (χ3v) is 3.12. The van der Waals surface area contributed by atoms with E-state index in [0.29, 0.717) is 17.0 Å². The van der Waals surface area contributed by atoms with Crippen LogP contribution in [0.3, 0.4) is 0 Å². The monoisotopic (exact) mass is 255 g/mol. The van der Waals surface area contributed by atoms with Gasteiger partial charge in [-0.25, -0.2) is 4.98 Å². The zero-order valence-corrected chi connectivity index (χ0v) is 10.6. The summed E-state index contributed by atoms with van der Waals surface area (Å²) >= 11 is 0. The molecule has 1 heterocycles. The van der Waals surface area contributed by atoms with Gasteiger partial charge >= 0.3 is 0 Å². The minimum atomic E-state index is -0.148. The average Bonchev–Trinajstić information content (AvgIpc) is 2.66. The summed E-state index contributed by atoms with van der Waals surface area (Å²) in [5, 5.41) is 14.6. The van der Waals surface area contributed by atoms with Crippen molar-refractivity contribution in [1.82, 2.24) is 9.71 Å². The molecule has 0 unspecified atom stereocenters. The lowest BCUT2D eigenvalue weighted by atomic mass is 10.1. The Hall–Kier alpha value is -2.56. The molecule has 0 saturated carbocycles. The predicted molar refractivity (Wildman–Crippen MR) is 73.5 cm³/mol. The lowest BCUT2D eigenvalue weighted by molar-refractivity contribution is -0.114. The molecule has 0 fully saturated rings. The van der Waals surface area contributed by atoms with Crippen LogP contribution in [-0.4, -0.2) is 20.8 Å². The molecule has 0 saturated heterocycles. The van der Waals surface area contributed by atoms with E-state index in [1.54, 1.807) is 13.0 Å². The summed E-state index contributed by atoms with van der Waals surface area (Å²) in [7, 11) is 0. The number of benzene rings is 2. The highest BCUT2D eigenvalue weighted by Crippen LogP contribution is 2.31. The largest absolute Gasteiger partial charge is 0.427 e. The molecule has 2 aromatic carbocycles. The van der Waals surface area contributed by atoms with Crippen molar-refractivity contribution in [3.05, 3.63) is 36.2 Å². The van der Waals surface area contributed by atoms with Crippen LogP contribution in [0.1, 0.15) is 12.7 Å². The SMILES string of the molecule is CC(=O)Nc1cc2c(nc(C)n2O)c2ccccc12. The summed E-state index contributed by atoms with van der Waals surface area (Å²) in [5.74, 6) is 0.366. The normalized spacial score (nSPS) is 11.1. The van der Waals surface area contributed by atoms with Crippen LogP contribution in [0, 0.1) is 6.92 Å². The third kappa shape index (κ3) is 1.71. The maximum absolute atomic E-state index is 11.3. The van der Waals surface area contributed by atoms with Crippen molar-refractivity contribution in [2.45, 2.75) is 13.8 Å².